The monoisotopic (exact) mass is 187 g/mol. The summed E-state index contributed by atoms with van der Waals surface area (Å²) in [7, 11) is 1.80. The molecule has 1 aliphatic rings. The topological polar surface area (TPSA) is 30.5 Å². The number of likely N-dealkylation sites (N-methyl/N-ethyl adjacent to an activating group) is 1. The Labute approximate surface area is 80.8 Å². The molecule has 1 N–H and O–H groups in total. The maximum Gasteiger partial charge on any atom is 0.0872 e. The molecule has 1 fully saturated rings. The van der Waals surface area contributed by atoms with Gasteiger partial charge in [0, 0.05) is 39.2 Å². The van der Waals surface area contributed by atoms with Crippen LogP contribution in [0.4, 0.5) is 0 Å². The highest BCUT2D eigenvalue weighted by Gasteiger charge is 2.37. The van der Waals surface area contributed by atoms with E-state index < -0.39 is 0 Å². The minimum Gasteiger partial charge on any atom is -0.381 e. The summed E-state index contributed by atoms with van der Waals surface area (Å²) in [6.45, 7) is 6.96. The van der Waals surface area contributed by atoms with Gasteiger partial charge in [0.1, 0.15) is 0 Å². The molecule has 0 aromatic heterocycles. The second-order valence-electron chi connectivity index (χ2n) is 3.66. The van der Waals surface area contributed by atoms with Gasteiger partial charge in [0.2, 0.25) is 0 Å². The zero-order valence-electron chi connectivity index (χ0n) is 8.93. The third-order valence-corrected chi connectivity index (χ3v) is 3.05. The molecule has 1 saturated heterocycles. The first-order valence-corrected chi connectivity index (χ1v) is 5.11. The van der Waals surface area contributed by atoms with Gasteiger partial charge in [0.15, 0.2) is 0 Å². The molecule has 1 heterocycles. The van der Waals surface area contributed by atoms with Crippen molar-refractivity contribution in [2.45, 2.75) is 38.3 Å². The summed E-state index contributed by atoms with van der Waals surface area (Å²) in [6.07, 6.45) is 2.00. The van der Waals surface area contributed by atoms with Gasteiger partial charge >= 0.3 is 0 Å². The van der Waals surface area contributed by atoms with Gasteiger partial charge in [-0.3, -0.25) is 0 Å². The average molecular weight is 187 g/mol. The zero-order chi connectivity index (χ0) is 9.73. The molecule has 0 radical (unpaired) electrons. The van der Waals surface area contributed by atoms with Crippen molar-refractivity contribution in [2.24, 2.45) is 0 Å². The largest absolute Gasteiger partial charge is 0.381 e. The fourth-order valence-corrected chi connectivity index (χ4v) is 2.02. The SMILES string of the molecule is CCNC(C)C1(OC)CCOCC1. The van der Waals surface area contributed by atoms with Crippen molar-refractivity contribution in [3.8, 4) is 0 Å². The third kappa shape index (κ3) is 2.42. The van der Waals surface area contributed by atoms with Crippen LogP contribution < -0.4 is 5.32 Å². The predicted molar refractivity (Wildman–Crippen MR) is 52.9 cm³/mol. The maximum absolute atomic E-state index is 5.65. The van der Waals surface area contributed by atoms with E-state index in [9.17, 15) is 0 Å². The average Bonchev–Trinajstić information content (AvgIpc) is 2.19. The lowest BCUT2D eigenvalue weighted by molar-refractivity contribution is -0.106. The molecule has 1 unspecified atom stereocenters. The summed E-state index contributed by atoms with van der Waals surface area (Å²) in [5.41, 5.74) is -0.00569. The Kier molecular flexibility index (Phi) is 4.16. The Morgan fingerprint density at radius 2 is 2.08 bits per heavy atom. The van der Waals surface area contributed by atoms with Crippen molar-refractivity contribution < 1.29 is 9.47 Å². The van der Waals surface area contributed by atoms with Crippen LogP contribution in [0.15, 0.2) is 0 Å². The highest BCUT2D eigenvalue weighted by molar-refractivity contribution is 4.92. The number of hydrogen-bond acceptors (Lipinski definition) is 3. The van der Waals surface area contributed by atoms with Gasteiger partial charge in [0.25, 0.3) is 0 Å². The lowest BCUT2D eigenvalue weighted by Crippen LogP contribution is -2.53. The fourth-order valence-electron chi connectivity index (χ4n) is 2.02. The van der Waals surface area contributed by atoms with Gasteiger partial charge in [-0.1, -0.05) is 6.92 Å². The van der Waals surface area contributed by atoms with E-state index in [1.54, 1.807) is 7.11 Å². The van der Waals surface area contributed by atoms with E-state index in [0.29, 0.717) is 6.04 Å². The molecule has 1 rings (SSSR count). The number of hydrogen-bond donors (Lipinski definition) is 1. The van der Waals surface area contributed by atoms with Gasteiger partial charge in [0.05, 0.1) is 5.60 Å². The molecule has 0 amide bonds. The smallest absolute Gasteiger partial charge is 0.0872 e. The molecule has 0 aromatic rings. The number of methoxy groups -OCH3 is 1. The van der Waals surface area contributed by atoms with E-state index in [-0.39, 0.29) is 5.60 Å². The quantitative estimate of drug-likeness (QED) is 0.717. The molecule has 3 heteroatoms. The van der Waals surface area contributed by atoms with Crippen molar-refractivity contribution in [2.75, 3.05) is 26.9 Å². The molecule has 13 heavy (non-hydrogen) atoms. The molecular formula is C10H21NO2. The van der Waals surface area contributed by atoms with Gasteiger partial charge in [-0.2, -0.15) is 0 Å². The van der Waals surface area contributed by atoms with E-state index >= 15 is 0 Å². The lowest BCUT2D eigenvalue weighted by Gasteiger charge is -2.41. The van der Waals surface area contributed by atoms with Crippen LogP contribution in [0.3, 0.4) is 0 Å². The van der Waals surface area contributed by atoms with E-state index in [1.165, 1.54) is 0 Å². The molecular weight excluding hydrogens is 166 g/mol. The van der Waals surface area contributed by atoms with Crippen LogP contribution in [0.1, 0.15) is 26.7 Å². The summed E-state index contributed by atoms with van der Waals surface area (Å²) in [5, 5.41) is 3.43. The first kappa shape index (κ1) is 11.0. The van der Waals surface area contributed by atoms with Gasteiger partial charge in [-0.05, 0) is 13.5 Å². The highest BCUT2D eigenvalue weighted by Crippen LogP contribution is 2.27. The Balaban J connectivity index is 2.55. The maximum atomic E-state index is 5.65. The standard InChI is InChI=1S/C10H21NO2/c1-4-11-9(2)10(12-3)5-7-13-8-6-10/h9,11H,4-8H2,1-3H3. The van der Waals surface area contributed by atoms with Crippen LogP contribution in [0.2, 0.25) is 0 Å². The van der Waals surface area contributed by atoms with Crippen molar-refractivity contribution >= 4 is 0 Å². The van der Waals surface area contributed by atoms with Crippen molar-refractivity contribution in [1.82, 2.24) is 5.32 Å². The highest BCUT2D eigenvalue weighted by atomic mass is 16.5. The third-order valence-electron chi connectivity index (χ3n) is 3.05. The lowest BCUT2D eigenvalue weighted by atomic mass is 9.87. The molecule has 1 atom stereocenters. The second-order valence-corrected chi connectivity index (χ2v) is 3.66. The minimum absolute atomic E-state index is 0.00569. The summed E-state index contributed by atoms with van der Waals surface area (Å²) in [5.74, 6) is 0. The normalized spacial score (nSPS) is 24.2. The zero-order valence-corrected chi connectivity index (χ0v) is 8.93. The number of rotatable bonds is 4. The summed E-state index contributed by atoms with van der Waals surface area (Å²) >= 11 is 0. The summed E-state index contributed by atoms with van der Waals surface area (Å²) in [6, 6.07) is 0.409. The van der Waals surface area contributed by atoms with Crippen molar-refractivity contribution in [3.63, 3.8) is 0 Å². The van der Waals surface area contributed by atoms with Gasteiger partial charge in [-0.15, -0.1) is 0 Å². The van der Waals surface area contributed by atoms with Crippen LogP contribution in [-0.2, 0) is 9.47 Å². The van der Waals surface area contributed by atoms with Gasteiger partial charge < -0.3 is 14.8 Å². The van der Waals surface area contributed by atoms with E-state index in [2.05, 4.69) is 19.2 Å². The molecule has 0 saturated carbocycles. The van der Waals surface area contributed by atoms with Crippen LogP contribution in [0, 0.1) is 0 Å². The number of nitrogens with one attached hydrogen (secondary N) is 1. The minimum atomic E-state index is -0.00569. The summed E-state index contributed by atoms with van der Waals surface area (Å²) < 4.78 is 11.0. The van der Waals surface area contributed by atoms with Crippen molar-refractivity contribution in [1.29, 1.82) is 0 Å². The first-order chi connectivity index (χ1) is 6.25. The predicted octanol–water partition coefficient (Wildman–Crippen LogP) is 1.18. The second kappa shape index (κ2) is 4.94. The van der Waals surface area contributed by atoms with Crippen LogP contribution >= 0.6 is 0 Å². The molecule has 0 spiro atoms. The Morgan fingerprint density at radius 1 is 1.46 bits per heavy atom. The van der Waals surface area contributed by atoms with Crippen LogP contribution in [0.25, 0.3) is 0 Å². The molecule has 0 aliphatic carbocycles. The molecule has 78 valence electrons. The number of ether oxygens (including phenoxy) is 2. The van der Waals surface area contributed by atoms with Gasteiger partial charge in [-0.25, -0.2) is 0 Å². The van der Waals surface area contributed by atoms with Crippen LogP contribution in [-0.4, -0.2) is 38.5 Å². The van der Waals surface area contributed by atoms with E-state index in [0.717, 1.165) is 32.6 Å². The van der Waals surface area contributed by atoms with Crippen molar-refractivity contribution in [3.05, 3.63) is 0 Å². The molecule has 3 nitrogen and oxygen atoms in total. The van der Waals surface area contributed by atoms with E-state index in [1.807, 2.05) is 0 Å². The Morgan fingerprint density at radius 3 is 2.54 bits per heavy atom. The van der Waals surface area contributed by atoms with Crippen LogP contribution in [0.5, 0.6) is 0 Å². The molecule has 0 aromatic carbocycles. The molecule has 1 aliphatic heterocycles. The Bertz CT molecular complexity index is 144. The Hall–Kier alpha value is -0.120. The first-order valence-electron chi connectivity index (χ1n) is 5.11. The summed E-state index contributed by atoms with van der Waals surface area (Å²) in [4.78, 5) is 0. The van der Waals surface area contributed by atoms with E-state index in [4.69, 9.17) is 9.47 Å². The molecule has 0 bridgehead atoms. The fraction of sp³-hybridized carbons (Fsp3) is 1.00.